The molecule has 0 N–H and O–H groups in total. The van der Waals surface area contributed by atoms with E-state index in [2.05, 4.69) is 95.3 Å². The third-order valence-electron chi connectivity index (χ3n) is 9.87. The van der Waals surface area contributed by atoms with Crippen molar-refractivity contribution < 1.29 is 18.9 Å². The quantitative estimate of drug-likeness (QED) is 0.115. The minimum Gasteiger partial charge on any atom is -0.496 e. The molecule has 1 aromatic heterocycles. The summed E-state index contributed by atoms with van der Waals surface area (Å²) in [7, 11) is 1.74. The molecule has 0 spiro atoms. The smallest absolute Gasteiger partial charge is 0.127 e. The second-order valence-corrected chi connectivity index (χ2v) is 13.4. The van der Waals surface area contributed by atoms with Gasteiger partial charge < -0.3 is 23.5 Å². The van der Waals surface area contributed by atoms with E-state index in [9.17, 15) is 0 Å². The van der Waals surface area contributed by atoms with E-state index in [1.807, 2.05) is 42.5 Å². The number of methoxy groups -OCH3 is 1. The molecule has 7 rings (SSSR count). The van der Waals surface area contributed by atoms with Crippen molar-refractivity contribution in [3.05, 3.63) is 144 Å². The molecule has 0 atom stereocenters. The van der Waals surface area contributed by atoms with Crippen molar-refractivity contribution in [2.24, 2.45) is 0 Å². The third kappa shape index (κ3) is 8.58. The summed E-state index contributed by atoms with van der Waals surface area (Å²) in [4.78, 5) is 2.53. The first-order valence-electron chi connectivity index (χ1n) is 18.2. The number of benzene rings is 5. The van der Waals surface area contributed by atoms with E-state index in [-0.39, 0.29) is 0 Å². The van der Waals surface area contributed by atoms with Crippen LogP contribution in [0.1, 0.15) is 47.9 Å². The highest BCUT2D eigenvalue weighted by atomic mass is 16.5. The van der Waals surface area contributed by atoms with Gasteiger partial charge in [-0.1, -0.05) is 73.5 Å². The van der Waals surface area contributed by atoms with Crippen LogP contribution in [0.25, 0.3) is 22.2 Å². The Hall–Kier alpha value is -5.20. The Bertz CT molecular complexity index is 2000. The average molecular weight is 681 g/mol. The van der Waals surface area contributed by atoms with Crippen LogP contribution in [0.2, 0.25) is 0 Å². The monoisotopic (exact) mass is 680 g/mol. The highest BCUT2D eigenvalue weighted by molar-refractivity contribution is 5.92. The van der Waals surface area contributed by atoms with Gasteiger partial charge in [0.25, 0.3) is 0 Å². The van der Waals surface area contributed by atoms with Crippen LogP contribution in [0.15, 0.2) is 121 Å². The number of aromatic nitrogens is 1. The Labute approximate surface area is 302 Å². The molecule has 0 amide bonds. The topological polar surface area (TPSA) is 45.1 Å². The fraction of sp³-hybridized carbons (Fsp3) is 0.289. The summed E-state index contributed by atoms with van der Waals surface area (Å²) in [5, 5.41) is 1.16. The lowest BCUT2D eigenvalue weighted by Crippen LogP contribution is -2.29. The molecule has 2 heterocycles. The molecule has 262 valence electrons. The van der Waals surface area contributed by atoms with Crippen molar-refractivity contribution in [2.75, 3.05) is 33.4 Å². The highest BCUT2D eigenvalue weighted by Gasteiger charge is 2.19. The summed E-state index contributed by atoms with van der Waals surface area (Å²) in [5.74, 6) is 3.35. The highest BCUT2D eigenvalue weighted by Crippen LogP contribution is 2.38. The molecule has 1 aliphatic heterocycles. The minimum absolute atomic E-state index is 0.521. The van der Waals surface area contributed by atoms with Crippen LogP contribution < -0.4 is 18.9 Å². The minimum atomic E-state index is 0.521. The van der Waals surface area contributed by atoms with E-state index in [1.54, 1.807) is 7.11 Å². The van der Waals surface area contributed by atoms with Gasteiger partial charge in [-0.25, -0.2) is 0 Å². The molecule has 0 bridgehead atoms. The lowest BCUT2D eigenvalue weighted by Gasteiger charge is -2.20. The number of hydrogen-bond acceptors (Lipinski definition) is 5. The molecule has 1 aliphatic rings. The fourth-order valence-corrected chi connectivity index (χ4v) is 7.09. The van der Waals surface area contributed by atoms with Gasteiger partial charge in [-0.3, -0.25) is 4.90 Å². The Kier molecular flexibility index (Phi) is 11.2. The average Bonchev–Trinajstić information content (AvgIpc) is 3.30. The summed E-state index contributed by atoms with van der Waals surface area (Å²) >= 11 is 0. The van der Waals surface area contributed by atoms with Crippen LogP contribution >= 0.6 is 0 Å². The van der Waals surface area contributed by atoms with Crippen LogP contribution in [0, 0.1) is 6.92 Å². The lowest BCUT2D eigenvalue weighted by atomic mass is 10.1. The Morgan fingerprint density at radius 1 is 0.608 bits per heavy atom. The predicted octanol–water partition coefficient (Wildman–Crippen LogP) is 10.1. The van der Waals surface area contributed by atoms with Gasteiger partial charge in [0.1, 0.15) is 42.8 Å². The van der Waals surface area contributed by atoms with E-state index in [4.69, 9.17) is 18.9 Å². The maximum atomic E-state index is 6.27. The van der Waals surface area contributed by atoms with E-state index in [0.717, 1.165) is 68.4 Å². The van der Waals surface area contributed by atoms with E-state index < -0.39 is 0 Å². The summed E-state index contributed by atoms with van der Waals surface area (Å²) < 4.78 is 27.0. The first-order valence-corrected chi connectivity index (χ1v) is 18.2. The molecule has 0 aliphatic carbocycles. The third-order valence-corrected chi connectivity index (χ3v) is 9.87. The largest absolute Gasteiger partial charge is 0.496 e. The summed E-state index contributed by atoms with van der Waals surface area (Å²) in [6.45, 7) is 7.85. The Balaban J connectivity index is 1.16. The van der Waals surface area contributed by atoms with E-state index in [1.165, 1.54) is 44.3 Å². The molecule has 5 aromatic carbocycles. The van der Waals surface area contributed by atoms with Gasteiger partial charge in [0, 0.05) is 29.1 Å². The van der Waals surface area contributed by atoms with Crippen LogP contribution in [0.3, 0.4) is 0 Å². The number of fused-ring (bicyclic) bond motifs is 1. The molecular formula is C45H48N2O4. The van der Waals surface area contributed by atoms with Crippen molar-refractivity contribution in [1.82, 2.24) is 9.47 Å². The SMILES string of the molecule is COc1cc(OCCN2CCCCCC2)ccc1Cn1c(-c2ccc(OCc3ccccc3)cc2)c(C)c2cc(OCc3ccccc3)ccc21. The van der Waals surface area contributed by atoms with Crippen LogP contribution in [0.4, 0.5) is 0 Å². The number of aryl methyl sites for hydroxylation is 1. The summed E-state index contributed by atoms with van der Waals surface area (Å²) in [5.41, 5.74) is 7.98. The molecule has 51 heavy (non-hydrogen) atoms. The van der Waals surface area contributed by atoms with Crippen molar-refractivity contribution in [1.29, 1.82) is 0 Å². The summed E-state index contributed by atoms with van der Waals surface area (Å²) in [6, 6.07) is 41.6. The Morgan fingerprint density at radius 3 is 1.88 bits per heavy atom. The zero-order chi connectivity index (χ0) is 34.8. The molecule has 6 nitrogen and oxygen atoms in total. The fourth-order valence-electron chi connectivity index (χ4n) is 7.09. The molecule has 6 heteroatoms. The number of ether oxygens (including phenoxy) is 4. The van der Waals surface area contributed by atoms with Gasteiger partial charge in [0.05, 0.1) is 19.3 Å². The normalized spacial score (nSPS) is 13.5. The van der Waals surface area contributed by atoms with Crippen molar-refractivity contribution >= 4 is 10.9 Å². The molecule has 0 radical (unpaired) electrons. The first kappa shape index (κ1) is 34.3. The summed E-state index contributed by atoms with van der Waals surface area (Å²) in [6.07, 6.45) is 5.25. The lowest BCUT2D eigenvalue weighted by molar-refractivity contribution is 0.213. The molecule has 6 aromatic rings. The van der Waals surface area contributed by atoms with Gasteiger partial charge >= 0.3 is 0 Å². The number of rotatable bonds is 14. The van der Waals surface area contributed by atoms with Gasteiger partial charge in [0.15, 0.2) is 0 Å². The van der Waals surface area contributed by atoms with Gasteiger partial charge in [0.2, 0.25) is 0 Å². The van der Waals surface area contributed by atoms with Crippen LogP contribution in [-0.4, -0.2) is 42.8 Å². The van der Waals surface area contributed by atoms with Gasteiger partial charge in [-0.2, -0.15) is 0 Å². The number of hydrogen-bond donors (Lipinski definition) is 0. The zero-order valence-electron chi connectivity index (χ0n) is 29.9. The number of likely N-dealkylation sites (tertiary alicyclic amines) is 1. The standard InChI is InChI=1S/C45H48N2O4/c1-34-42-29-40(51-33-36-15-9-6-10-16-36)23-24-43(42)47(45(34)37-17-20-39(21-18-37)50-32-35-13-7-5-8-14-35)31-38-19-22-41(30-44(38)48-2)49-28-27-46-25-11-3-4-12-26-46/h5-10,13-24,29-30H,3-4,11-12,25-28,31-33H2,1-2H3. The second kappa shape index (κ2) is 16.7. The zero-order valence-corrected chi connectivity index (χ0v) is 29.9. The number of nitrogens with zero attached hydrogens (tertiary/aromatic N) is 2. The van der Waals surface area contributed by atoms with Crippen molar-refractivity contribution in [3.8, 4) is 34.3 Å². The molecular weight excluding hydrogens is 633 g/mol. The van der Waals surface area contributed by atoms with Crippen molar-refractivity contribution in [2.45, 2.75) is 52.4 Å². The van der Waals surface area contributed by atoms with Crippen molar-refractivity contribution in [3.63, 3.8) is 0 Å². The van der Waals surface area contributed by atoms with Gasteiger partial charge in [-0.05, 0) is 110 Å². The van der Waals surface area contributed by atoms with Crippen LogP contribution in [0.5, 0.6) is 23.0 Å². The molecule has 1 saturated heterocycles. The molecule has 0 unspecified atom stereocenters. The second-order valence-electron chi connectivity index (χ2n) is 13.4. The Morgan fingerprint density at radius 2 is 1.22 bits per heavy atom. The van der Waals surface area contributed by atoms with E-state index >= 15 is 0 Å². The molecule has 1 fully saturated rings. The van der Waals surface area contributed by atoms with Gasteiger partial charge in [-0.15, -0.1) is 0 Å². The maximum Gasteiger partial charge on any atom is 0.127 e. The molecule has 0 saturated carbocycles. The predicted molar refractivity (Wildman–Crippen MR) is 206 cm³/mol. The first-order chi connectivity index (χ1) is 25.1. The maximum absolute atomic E-state index is 6.27. The van der Waals surface area contributed by atoms with E-state index in [0.29, 0.717) is 26.4 Å². The van der Waals surface area contributed by atoms with Crippen LogP contribution in [-0.2, 0) is 19.8 Å².